The molecule has 3 aliphatic carbocycles. The fourth-order valence-corrected chi connectivity index (χ4v) is 4.20. The van der Waals surface area contributed by atoms with Gasteiger partial charge in [-0.2, -0.15) is 0 Å². The van der Waals surface area contributed by atoms with Gasteiger partial charge in [0.1, 0.15) is 5.75 Å². The summed E-state index contributed by atoms with van der Waals surface area (Å²) < 4.78 is 5.39. The molecule has 0 radical (unpaired) electrons. The zero-order valence-electron chi connectivity index (χ0n) is 12.4. The lowest BCUT2D eigenvalue weighted by Gasteiger charge is -2.54. The third kappa shape index (κ3) is 1.97. The van der Waals surface area contributed by atoms with E-state index in [0.29, 0.717) is 11.0 Å². The van der Waals surface area contributed by atoms with E-state index in [4.69, 9.17) is 4.74 Å². The minimum absolute atomic E-state index is 0.440. The Balaban J connectivity index is 1.89. The molecule has 4 rings (SSSR count). The number of ether oxygens (including phenoxy) is 1. The van der Waals surface area contributed by atoms with Crippen LogP contribution in [0.1, 0.15) is 49.7 Å². The molecule has 3 aliphatic rings. The Hall–Kier alpha value is -1.02. The van der Waals surface area contributed by atoms with Crippen molar-refractivity contribution >= 4 is 0 Å². The summed E-state index contributed by atoms with van der Waals surface area (Å²) in [7, 11) is 3.89. The van der Waals surface area contributed by atoms with Crippen molar-refractivity contribution in [3.05, 3.63) is 29.3 Å². The van der Waals surface area contributed by atoms with E-state index in [1.807, 2.05) is 0 Å². The monoisotopic (exact) mass is 259 g/mol. The van der Waals surface area contributed by atoms with Crippen molar-refractivity contribution in [2.45, 2.75) is 56.4 Å². The Kier molecular flexibility index (Phi) is 3.09. The van der Waals surface area contributed by atoms with Crippen LogP contribution in [-0.4, -0.2) is 19.7 Å². The maximum absolute atomic E-state index is 5.39. The van der Waals surface area contributed by atoms with E-state index in [1.54, 1.807) is 7.11 Å². The van der Waals surface area contributed by atoms with Crippen molar-refractivity contribution in [2.75, 3.05) is 14.2 Å². The maximum Gasteiger partial charge on any atom is 0.121 e. The smallest absolute Gasteiger partial charge is 0.121 e. The Morgan fingerprint density at radius 1 is 1.05 bits per heavy atom. The molecule has 2 heteroatoms. The van der Waals surface area contributed by atoms with Crippen molar-refractivity contribution in [2.24, 2.45) is 0 Å². The summed E-state index contributed by atoms with van der Waals surface area (Å²) in [6.07, 6.45) is 7.98. The van der Waals surface area contributed by atoms with Gasteiger partial charge in [0.15, 0.2) is 0 Å². The lowest BCUT2D eigenvalue weighted by atomic mass is 9.55. The number of aryl methyl sites for hydroxylation is 1. The van der Waals surface area contributed by atoms with E-state index >= 15 is 0 Å². The fraction of sp³-hybridized carbons (Fsp3) is 0.647. The minimum atomic E-state index is 0.440. The summed E-state index contributed by atoms with van der Waals surface area (Å²) in [4.78, 5) is 0. The Bertz CT molecular complexity index is 456. The molecule has 0 saturated heterocycles. The highest BCUT2D eigenvalue weighted by Crippen LogP contribution is 2.53. The zero-order chi connectivity index (χ0) is 13.5. The molecule has 0 amide bonds. The van der Waals surface area contributed by atoms with Crippen LogP contribution in [0, 0.1) is 6.92 Å². The first-order valence-corrected chi connectivity index (χ1v) is 7.47. The van der Waals surface area contributed by atoms with Crippen LogP contribution in [0.5, 0.6) is 5.75 Å². The fourth-order valence-electron chi connectivity index (χ4n) is 4.20. The Labute approximate surface area is 116 Å². The predicted molar refractivity (Wildman–Crippen MR) is 78.9 cm³/mol. The Morgan fingerprint density at radius 3 is 2.16 bits per heavy atom. The van der Waals surface area contributed by atoms with Gasteiger partial charge in [0.05, 0.1) is 7.11 Å². The highest BCUT2D eigenvalue weighted by Gasteiger charge is 2.48. The summed E-state index contributed by atoms with van der Waals surface area (Å²) in [6.45, 7) is 2.16. The van der Waals surface area contributed by atoms with Crippen LogP contribution in [0.25, 0.3) is 0 Å². The molecule has 0 heterocycles. The van der Waals surface area contributed by atoms with Crippen molar-refractivity contribution in [1.82, 2.24) is 5.32 Å². The SMILES string of the molecule is CNC12CCC(c3ccc(OC)c(C)c3)(CC1)CC2. The summed E-state index contributed by atoms with van der Waals surface area (Å²) in [6, 6.07) is 6.80. The van der Waals surface area contributed by atoms with E-state index in [-0.39, 0.29) is 0 Å². The highest BCUT2D eigenvalue weighted by atomic mass is 16.5. The second kappa shape index (κ2) is 4.52. The van der Waals surface area contributed by atoms with Crippen molar-refractivity contribution in [3.8, 4) is 5.75 Å². The third-order valence-electron chi connectivity index (χ3n) is 5.78. The number of benzene rings is 1. The molecule has 104 valence electrons. The van der Waals surface area contributed by atoms with Crippen LogP contribution in [-0.2, 0) is 5.41 Å². The predicted octanol–water partition coefficient (Wildman–Crippen LogP) is 3.57. The number of methoxy groups -OCH3 is 1. The summed E-state index contributed by atoms with van der Waals surface area (Å²) >= 11 is 0. The minimum Gasteiger partial charge on any atom is -0.496 e. The molecule has 19 heavy (non-hydrogen) atoms. The van der Waals surface area contributed by atoms with Gasteiger partial charge in [0.25, 0.3) is 0 Å². The molecule has 3 saturated carbocycles. The van der Waals surface area contributed by atoms with E-state index in [9.17, 15) is 0 Å². The molecule has 2 bridgehead atoms. The van der Waals surface area contributed by atoms with Crippen LogP contribution in [0.3, 0.4) is 0 Å². The molecule has 0 unspecified atom stereocenters. The molecule has 0 atom stereocenters. The van der Waals surface area contributed by atoms with Crippen LogP contribution in [0.2, 0.25) is 0 Å². The van der Waals surface area contributed by atoms with Gasteiger partial charge >= 0.3 is 0 Å². The first-order chi connectivity index (χ1) is 9.13. The number of nitrogens with one attached hydrogen (secondary N) is 1. The topological polar surface area (TPSA) is 21.3 Å². The summed E-state index contributed by atoms with van der Waals surface area (Å²) in [5.74, 6) is 1.01. The molecule has 0 aliphatic heterocycles. The molecular formula is C17H25NO. The maximum atomic E-state index is 5.39. The second-order valence-corrected chi connectivity index (χ2v) is 6.50. The molecule has 3 fully saturated rings. The van der Waals surface area contributed by atoms with Crippen LogP contribution in [0.4, 0.5) is 0 Å². The number of fused-ring (bicyclic) bond motifs is 3. The van der Waals surface area contributed by atoms with Gasteiger partial charge in [0, 0.05) is 5.54 Å². The van der Waals surface area contributed by atoms with Gasteiger partial charge in [-0.25, -0.2) is 0 Å². The van der Waals surface area contributed by atoms with E-state index in [0.717, 1.165) is 5.75 Å². The van der Waals surface area contributed by atoms with Gasteiger partial charge < -0.3 is 10.1 Å². The average molecular weight is 259 g/mol. The normalized spacial score (nSPS) is 33.4. The highest BCUT2D eigenvalue weighted by molar-refractivity contribution is 5.40. The van der Waals surface area contributed by atoms with Gasteiger partial charge in [-0.15, -0.1) is 0 Å². The average Bonchev–Trinajstić information content (AvgIpc) is 2.49. The van der Waals surface area contributed by atoms with Gasteiger partial charge in [-0.1, -0.05) is 12.1 Å². The lowest BCUT2D eigenvalue weighted by molar-refractivity contribution is 0.0834. The van der Waals surface area contributed by atoms with Crippen LogP contribution in [0.15, 0.2) is 18.2 Å². The van der Waals surface area contributed by atoms with Crippen LogP contribution < -0.4 is 10.1 Å². The van der Waals surface area contributed by atoms with Crippen molar-refractivity contribution in [1.29, 1.82) is 0 Å². The summed E-state index contributed by atoms with van der Waals surface area (Å²) in [5.41, 5.74) is 3.69. The first kappa shape index (κ1) is 13.0. The van der Waals surface area contributed by atoms with Gasteiger partial charge in [0.2, 0.25) is 0 Å². The quantitative estimate of drug-likeness (QED) is 0.896. The lowest BCUT2D eigenvalue weighted by Crippen LogP contribution is -2.54. The number of hydrogen-bond acceptors (Lipinski definition) is 2. The zero-order valence-corrected chi connectivity index (χ0v) is 12.4. The third-order valence-corrected chi connectivity index (χ3v) is 5.78. The second-order valence-electron chi connectivity index (χ2n) is 6.50. The molecule has 1 aromatic carbocycles. The molecule has 1 N–H and O–H groups in total. The molecule has 0 spiro atoms. The first-order valence-electron chi connectivity index (χ1n) is 7.47. The Morgan fingerprint density at radius 2 is 1.68 bits per heavy atom. The van der Waals surface area contributed by atoms with Crippen molar-refractivity contribution < 1.29 is 4.74 Å². The largest absolute Gasteiger partial charge is 0.496 e. The van der Waals surface area contributed by atoms with E-state index in [1.165, 1.54) is 49.7 Å². The molecule has 1 aromatic rings. The van der Waals surface area contributed by atoms with Gasteiger partial charge in [-0.3, -0.25) is 0 Å². The molecular weight excluding hydrogens is 234 g/mol. The van der Waals surface area contributed by atoms with E-state index in [2.05, 4.69) is 37.5 Å². The number of rotatable bonds is 3. The van der Waals surface area contributed by atoms with Crippen LogP contribution >= 0.6 is 0 Å². The summed E-state index contributed by atoms with van der Waals surface area (Å²) in [5, 5.41) is 3.58. The molecule has 0 aromatic heterocycles. The van der Waals surface area contributed by atoms with E-state index < -0.39 is 0 Å². The molecule has 2 nitrogen and oxygen atoms in total. The standard InChI is InChI=1S/C17H25NO/c1-13-12-14(4-5-15(13)19-3)16-6-9-17(18-2,10-7-16)11-8-16/h4-5,12,18H,6-11H2,1-3H3. The number of hydrogen-bond donors (Lipinski definition) is 1. The van der Waals surface area contributed by atoms with Gasteiger partial charge in [-0.05, 0) is 75.1 Å². The van der Waals surface area contributed by atoms with Crippen molar-refractivity contribution in [3.63, 3.8) is 0 Å².